The highest BCUT2D eigenvalue weighted by Crippen LogP contribution is 2.33. The molecule has 0 radical (unpaired) electrons. The largest absolute Gasteiger partial charge is 0.368 e. The number of hydrogen-bond donors (Lipinski definition) is 4. The van der Waals surface area contributed by atoms with E-state index in [4.69, 9.17) is 11.0 Å². The molecule has 5 N–H and O–H groups in total. The Morgan fingerprint density at radius 2 is 2.14 bits per heavy atom. The third kappa shape index (κ3) is 3.76. The number of nitrogens with one attached hydrogen (secondary N) is 2. The molecular weight excluding hydrogens is 398 g/mol. The Morgan fingerprint density at radius 1 is 1.34 bits per heavy atom. The van der Waals surface area contributed by atoms with Crippen molar-refractivity contribution in [2.45, 2.75) is 43.5 Å². The summed E-state index contributed by atoms with van der Waals surface area (Å²) in [5.74, 6) is -2.51. The van der Waals surface area contributed by atoms with Gasteiger partial charge in [-0.25, -0.2) is 13.3 Å². The highest BCUT2D eigenvalue weighted by molar-refractivity contribution is 7.08. The van der Waals surface area contributed by atoms with Crippen LogP contribution in [0.2, 0.25) is 0 Å². The van der Waals surface area contributed by atoms with Crippen molar-refractivity contribution in [3.8, 4) is 6.07 Å². The van der Waals surface area contributed by atoms with Crippen molar-refractivity contribution in [3.05, 3.63) is 46.3 Å². The van der Waals surface area contributed by atoms with Gasteiger partial charge in [0.25, 0.3) is 5.92 Å². The normalized spacial score (nSPS) is 22.2. The number of aliphatic hydroxyl groups excluding tert-OH is 1. The van der Waals surface area contributed by atoms with Gasteiger partial charge in [0.15, 0.2) is 6.23 Å². The van der Waals surface area contributed by atoms with Gasteiger partial charge in [-0.15, -0.1) is 11.3 Å². The molecule has 0 aliphatic heterocycles. The van der Waals surface area contributed by atoms with Crippen molar-refractivity contribution in [2.75, 3.05) is 10.6 Å². The minimum atomic E-state index is -2.91. The zero-order valence-corrected chi connectivity index (χ0v) is 16.2. The lowest BCUT2D eigenvalue weighted by atomic mass is 9.87. The van der Waals surface area contributed by atoms with Crippen LogP contribution in [0.4, 0.5) is 20.3 Å². The highest BCUT2D eigenvalue weighted by atomic mass is 32.1. The molecule has 3 aromatic heterocycles. The fourth-order valence-corrected chi connectivity index (χ4v) is 4.27. The molecule has 29 heavy (non-hydrogen) atoms. The number of halogens is 2. The summed E-state index contributed by atoms with van der Waals surface area (Å²) < 4.78 is 29.4. The third-order valence-corrected chi connectivity index (χ3v) is 5.91. The van der Waals surface area contributed by atoms with Crippen molar-refractivity contribution >= 4 is 28.4 Å². The second-order valence-electron chi connectivity index (χ2n) is 7.10. The molecule has 0 amide bonds. The maximum Gasteiger partial charge on any atom is 0.264 e. The van der Waals surface area contributed by atoms with Gasteiger partial charge in [-0.2, -0.15) is 10.4 Å². The molecule has 0 saturated heterocycles. The topological polar surface area (TPSA) is 111 Å². The summed E-state index contributed by atoms with van der Waals surface area (Å²) in [4.78, 5) is 0. The van der Waals surface area contributed by atoms with Crippen molar-refractivity contribution in [1.82, 2.24) is 9.61 Å². The second-order valence-corrected chi connectivity index (χ2v) is 7.84. The van der Waals surface area contributed by atoms with Crippen LogP contribution in [0.5, 0.6) is 0 Å². The number of anilines is 2. The number of aromatic nitrogens is 2. The molecule has 0 bridgehead atoms. The first kappa shape index (κ1) is 19.6. The van der Waals surface area contributed by atoms with Crippen molar-refractivity contribution in [1.29, 1.82) is 5.26 Å². The standard InChI is InChI=1S/C19H20F2N6OS/c20-19(21)7-1-2-13(17(19)23)24-16-6-4-12-3-5-15(27(12)26-16)18(28)25-14-10-29-9-11(14)8-22/h3-6,9-10,13,17-18,25,28H,1-2,7,23H2,(H,24,26)/t13-,17-,18?/m1/s1. The first-order valence-corrected chi connectivity index (χ1v) is 10.1. The van der Waals surface area contributed by atoms with E-state index in [0.717, 1.165) is 5.52 Å². The molecular formula is C19H20F2N6OS. The van der Waals surface area contributed by atoms with Crippen LogP contribution in [0.25, 0.3) is 5.52 Å². The van der Waals surface area contributed by atoms with Crippen molar-refractivity contribution in [2.24, 2.45) is 5.73 Å². The molecule has 0 aromatic carbocycles. The quantitative estimate of drug-likeness (QED) is 0.473. The van der Waals surface area contributed by atoms with Crippen LogP contribution >= 0.6 is 11.3 Å². The van der Waals surface area contributed by atoms with Crippen molar-refractivity contribution in [3.63, 3.8) is 0 Å². The van der Waals surface area contributed by atoms with Gasteiger partial charge in [-0.05, 0) is 37.1 Å². The fraction of sp³-hybridized carbons (Fsp3) is 0.368. The molecule has 1 saturated carbocycles. The van der Waals surface area contributed by atoms with Crippen LogP contribution in [0.3, 0.4) is 0 Å². The Labute approximate surface area is 169 Å². The van der Waals surface area contributed by atoms with Crippen LogP contribution in [-0.4, -0.2) is 32.7 Å². The summed E-state index contributed by atoms with van der Waals surface area (Å²) in [7, 11) is 0. The van der Waals surface area contributed by atoms with E-state index in [-0.39, 0.29) is 6.42 Å². The van der Waals surface area contributed by atoms with Gasteiger partial charge in [-0.3, -0.25) is 0 Å². The lowest BCUT2D eigenvalue weighted by Gasteiger charge is -2.36. The Kier molecular flexibility index (Phi) is 5.12. The van der Waals surface area contributed by atoms with Gasteiger partial charge in [-0.1, -0.05) is 0 Å². The number of alkyl halides is 2. The number of nitrogens with zero attached hydrogens (tertiary/aromatic N) is 3. The second kappa shape index (κ2) is 7.59. The lowest BCUT2D eigenvalue weighted by Crippen LogP contribution is -2.55. The average Bonchev–Trinajstić information content (AvgIpc) is 3.31. The van der Waals surface area contributed by atoms with Crippen LogP contribution in [0.1, 0.15) is 36.7 Å². The van der Waals surface area contributed by atoms with E-state index >= 15 is 0 Å². The summed E-state index contributed by atoms with van der Waals surface area (Å²) in [6, 6.07) is 7.17. The maximum atomic E-state index is 13.9. The molecule has 1 unspecified atom stereocenters. The van der Waals surface area contributed by atoms with Gasteiger partial charge in [0.1, 0.15) is 11.9 Å². The molecule has 7 nitrogen and oxygen atoms in total. The van der Waals surface area contributed by atoms with E-state index < -0.39 is 24.2 Å². The van der Waals surface area contributed by atoms with Crippen LogP contribution in [0.15, 0.2) is 35.0 Å². The number of thiophene rings is 1. The minimum Gasteiger partial charge on any atom is -0.368 e. The van der Waals surface area contributed by atoms with E-state index in [0.29, 0.717) is 35.6 Å². The van der Waals surface area contributed by atoms with E-state index in [1.165, 1.54) is 15.9 Å². The summed E-state index contributed by atoms with van der Waals surface area (Å²) >= 11 is 1.35. The predicted molar refractivity (Wildman–Crippen MR) is 107 cm³/mol. The molecule has 0 spiro atoms. The molecule has 3 aromatic rings. The number of hydrogen-bond acceptors (Lipinski definition) is 7. The first-order valence-electron chi connectivity index (χ1n) is 9.18. The third-order valence-electron chi connectivity index (χ3n) is 5.17. The molecule has 1 aliphatic rings. The Morgan fingerprint density at radius 3 is 2.93 bits per heavy atom. The number of nitriles is 1. The Bertz CT molecular complexity index is 1060. The molecule has 10 heteroatoms. The Balaban J connectivity index is 1.57. The number of nitrogens with two attached hydrogens (primary N) is 1. The predicted octanol–water partition coefficient (Wildman–Crippen LogP) is 3.30. The first-order chi connectivity index (χ1) is 13.9. The van der Waals surface area contributed by atoms with E-state index in [1.807, 2.05) is 0 Å². The summed E-state index contributed by atoms with van der Waals surface area (Å²) in [5, 5.41) is 33.5. The van der Waals surface area contributed by atoms with Gasteiger partial charge in [0.2, 0.25) is 0 Å². The smallest absolute Gasteiger partial charge is 0.264 e. The molecule has 3 heterocycles. The van der Waals surface area contributed by atoms with E-state index in [2.05, 4.69) is 21.8 Å². The van der Waals surface area contributed by atoms with Crippen molar-refractivity contribution < 1.29 is 13.9 Å². The average molecular weight is 418 g/mol. The molecule has 152 valence electrons. The Hall–Kier alpha value is -2.74. The lowest BCUT2D eigenvalue weighted by molar-refractivity contribution is -0.0554. The van der Waals surface area contributed by atoms with Crippen LogP contribution < -0.4 is 16.4 Å². The van der Waals surface area contributed by atoms with Crippen LogP contribution in [0, 0.1) is 11.3 Å². The minimum absolute atomic E-state index is 0.203. The SMILES string of the molecule is N#Cc1cscc1NC(O)c1ccc2ccc(N[C@@H]3CCCC(F)(F)[C@@H]3N)nn12. The monoisotopic (exact) mass is 418 g/mol. The molecule has 1 aliphatic carbocycles. The number of fused-ring (bicyclic) bond motifs is 1. The zero-order valence-electron chi connectivity index (χ0n) is 15.3. The summed E-state index contributed by atoms with van der Waals surface area (Å²) in [5.41, 5.74) is 7.92. The number of rotatable bonds is 5. The van der Waals surface area contributed by atoms with Gasteiger partial charge in [0.05, 0.1) is 28.5 Å². The van der Waals surface area contributed by atoms with E-state index in [9.17, 15) is 13.9 Å². The number of aliphatic hydroxyl groups is 1. The van der Waals surface area contributed by atoms with E-state index in [1.54, 1.807) is 35.0 Å². The fourth-order valence-electron chi connectivity index (χ4n) is 3.56. The molecule has 1 fully saturated rings. The van der Waals surface area contributed by atoms with Gasteiger partial charge < -0.3 is 21.5 Å². The molecule has 3 atom stereocenters. The zero-order chi connectivity index (χ0) is 20.6. The highest BCUT2D eigenvalue weighted by Gasteiger charge is 2.44. The molecule has 4 rings (SSSR count). The summed E-state index contributed by atoms with van der Waals surface area (Å²) in [6.45, 7) is 0. The van der Waals surface area contributed by atoms with Crippen LogP contribution in [-0.2, 0) is 0 Å². The maximum absolute atomic E-state index is 13.9. The summed E-state index contributed by atoms with van der Waals surface area (Å²) in [6.07, 6.45) is -0.386. The van der Waals surface area contributed by atoms with Gasteiger partial charge >= 0.3 is 0 Å². The van der Waals surface area contributed by atoms with Gasteiger partial charge in [0, 0.05) is 23.2 Å².